The molecule has 2 N–H and O–H groups in total. The van der Waals surface area contributed by atoms with Gasteiger partial charge in [-0.05, 0) is 16.3 Å². The fourth-order valence-corrected chi connectivity index (χ4v) is 2.86. The van der Waals surface area contributed by atoms with Crippen molar-refractivity contribution in [3.05, 3.63) is 60.4 Å². The summed E-state index contributed by atoms with van der Waals surface area (Å²) in [5.41, 5.74) is 4.78. The number of benzene rings is 2. The molecule has 0 spiro atoms. The molecule has 0 saturated heterocycles. The Bertz CT molecular complexity index is 989. The van der Waals surface area contributed by atoms with Crippen LogP contribution in [0.5, 0.6) is 0 Å². The summed E-state index contributed by atoms with van der Waals surface area (Å²) >= 11 is 0. The molecule has 0 unspecified atom stereocenters. The lowest BCUT2D eigenvalue weighted by atomic mass is 9.98. The maximum absolute atomic E-state index is 9.31. The van der Waals surface area contributed by atoms with Crippen LogP contribution in [0.3, 0.4) is 0 Å². The maximum atomic E-state index is 9.31. The minimum atomic E-state index is -0.0281. The van der Waals surface area contributed by atoms with E-state index >= 15 is 0 Å². The Morgan fingerprint density at radius 3 is 2.36 bits per heavy atom. The smallest absolute Gasteiger partial charge is 0.205 e. The van der Waals surface area contributed by atoms with Crippen LogP contribution in [-0.2, 0) is 13.7 Å². The molecule has 7 nitrogen and oxygen atoms in total. The molecule has 0 aliphatic rings. The molecule has 2 aromatic carbocycles. The van der Waals surface area contributed by atoms with Gasteiger partial charge in [0.1, 0.15) is 5.82 Å². The minimum absolute atomic E-state index is 0.0281. The van der Waals surface area contributed by atoms with Crippen LogP contribution in [0.4, 0.5) is 0 Å². The van der Waals surface area contributed by atoms with Crippen LogP contribution in [0.25, 0.3) is 33.9 Å². The van der Waals surface area contributed by atoms with Crippen molar-refractivity contribution in [3.8, 4) is 33.9 Å². The Kier molecular flexibility index (Phi) is 3.83. The Hall–Kier alpha value is -3.32. The van der Waals surface area contributed by atoms with Gasteiger partial charge in [0.2, 0.25) is 5.82 Å². The number of tetrazole rings is 1. The van der Waals surface area contributed by atoms with Crippen LogP contribution in [0.2, 0.25) is 0 Å². The molecule has 0 aliphatic carbocycles. The quantitative estimate of drug-likeness (QED) is 0.599. The van der Waals surface area contributed by atoms with Gasteiger partial charge in [0, 0.05) is 18.2 Å². The highest BCUT2D eigenvalue weighted by molar-refractivity contribution is 5.81. The first-order valence-electron chi connectivity index (χ1n) is 7.83. The van der Waals surface area contributed by atoms with Gasteiger partial charge < -0.3 is 9.67 Å². The Morgan fingerprint density at radius 1 is 1.00 bits per heavy atom. The van der Waals surface area contributed by atoms with Gasteiger partial charge in [0.05, 0.1) is 18.5 Å². The molecule has 0 atom stereocenters. The SMILES string of the molecule is Cn1c(CO)cnc1-c1ccc(-c2ccccc2-c2nn[nH]n2)cc1. The standard InChI is InChI=1S/C18H16N6O/c1-24-14(11-25)10-19-18(24)13-8-6-12(7-9-13)15-4-2-3-5-16(15)17-20-22-23-21-17/h2-10,25H,11H2,1H3,(H,20,21,22,23). The first-order valence-corrected chi connectivity index (χ1v) is 7.83. The van der Waals surface area contributed by atoms with Gasteiger partial charge in [-0.1, -0.05) is 48.5 Å². The van der Waals surface area contributed by atoms with Crippen LogP contribution >= 0.6 is 0 Å². The molecule has 0 saturated carbocycles. The molecule has 2 aromatic heterocycles. The molecule has 4 rings (SSSR count). The maximum Gasteiger partial charge on any atom is 0.205 e. The highest BCUT2D eigenvalue weighted by atomic mass is 16.3. The summed E-state index contributed by atoms with van der Waals surface area (Å²) in [6.45, 7) is -0.0281. The number of hydrogen-bond acceptors (Lipinski definition) is 5. The number of nitrogens with zero attached hydrogens (tertiary/aromatic N) is 5. The molecule has 124 valence electrons. The van der Waals surface area contributed by atoms with Crippen molar-refractivity contribution < 1.29 is 5.11 Å². The molecular formula is C18H16N6O. The Balaban J connectivity index is 1.73. The second-order valence-electron chi connectivity index (χ2n) is 5.65. The van der Waals surface area contributed by atoms with E-state index in [1.165, 1.54) is 0 Å². The van der Waals surface area contributed by atoms with Crippen LogP contribution in [-0.4, -0.2) is 35.3 Å². The van der Waals surface area contributed by atoms with E-state index in [1.807, 2.05) is 60.1 Å². The first-order chi connectivity index (χ1) is 12.3. The zero-order valence-corrected chi connectivity index (χ0v) is 13.6. The number of rotatable bonds is 4. The van der Waals surface area contributed by atoms with E-state index < -0.39 is 0 Å². The van der Waals surface area contributed by atoms with Crippen molar-refractivity contribution >= 4 is 0 Å². The van der Waals surface area contributed by atoms with Gasteiger partial charge in [0.15, 0.2) is 0 Å². The molecule has 0 radical (unpaired) electrons. The summed E-state index contributed by atoms with van der Waals surface area (Å²) in [7, 11) is 1.90. The van der Waals surface area contributed by atoms with E-state index in [1.54, 1.807) is 6.20 Å². The summed E-state index contributed by atoms with van der Waals surface area (Å²) in [5.74, 6) is 1.39. The fourth-order valence-electron chi connectivity index (χ4n) is 2.86. The normalized spacial score (nSPS) is 11.0. The van der Waals surface area contributed by atoms with E-state index in [0.717, 1.165) is 33.8 Å². The van der Waals surface area contributed by atoms with E-state index in [0.29, 0.717) is 5.82 Å². The molecule has 2 heterocycles. The van der Waals surface area contributed by atoms with Crippen molar-refractivity contribution in [1.82, 2.24) is 30.2 Å². The van der Waals surface area contributed by atoms with Gasteiger partial charge >= 0.3 is 0 Å². The monoisotopic (exact) mass is 332 g/mol. The van der Waals surface area contributed by atoms with Gasteiger partial charge in [-0.2, -0.15) is 5.21 Å². The third-order valence-corrected chi connectivity index (χ3v) is 4.21. The second kappa shape index (κ2) is 6.29. The molecule has 7 heteroatoms. The largest absolute Gasteiger partial charge is 0.390 e. The van der Waals surface area contributed by atoms with E-state index in [-0.39, 0.29) is 6.61 Å². The van der Waals surface area contributed by atoms with Crippen LogP contribution in [0.15, 0.2) is 54.7 Å². The number of aliphatic hydroxyl groups excluding tert-OH is 1. The van der Waals surface area contributed by atoms with Crippen molar-refractivity contribution in [1.29, 1.82) is 0 Å². The van der Waals surface area contributed by atoms with Crippen molar-refractivity contribution in [2.45, 2.75) is 6.61 Å². The highest BCUT2D eigenvalue weighted by Crippen LogP contribution is 2.31. The fraction of sp³-hybridized carbons (Fsp3) is 0.111. The van der Waals surface area contributed by atoms with Crippen LogP contribution < -0.4 is 0 Å². The summed E-state index contributed by atoms with van der Waals surface area (Å²) in [4.78, 5) is 4.39. The first kappa shape index (κ1) is 15.2. The van der Waals surface area contributed by atoms with Gasteiger partial charge in [-0.3, -0.25) is 0 Å². The minimum Gasteiger partial charge on any atom is -0.390 e. The van der Waals surface area contributed by atoms with Gasteiger partial charge in [0.25, 0.3) is 0 Å². The summed E-state index contributed by atoms with van der Waals surface area (Å²) in [6, 6.07) is 16.1. The molecule has 0 bridgehead atoms. The summed E-state index contributed by atoms with van der Waals surface area (Å²) in [6.07, 6.45) is 1.69. The number of H-pyrrole nitrogens is 1. The van der Waals surface area contributed by atoms with Gasteiger partial charge in [-0.15, -0.1) is 10.2 Å². The highest BCUT2D eigenvalue weighted by Gasteiger charge is 2.12. The number of hydrogen-bond donors (Lipinski definition) is 2. The lowest BCUT2D eigenvalue weighted by molar-refractivity contribution is 0.273. The third kappa shape index (κ3) is 2.70. The third-order valence-electron chi connectivity index (χ3n) is 4.21. The zero-order chi connectivity index (χ0) is 17.2. The van der Waals surface area contributed by atoms with E-state index in [4.69, 9.17) is 0 Å². The number of aromatic amines is 1. The zero-order valence-electron chi connectivity index (χ0n) is 13.6. The lowest BCUT2D eigenvalue weighted by Gasteiger charge is -2.08. The predicted octanol–water partition coefficient (Wildman–Crippen LogP) is 2.43. The summed E-state index contributed by atoms with van der Waals surface area (Å²) < 4.78 is 1.89. The number of nitrogens with one attached hydrogen (secondary N) is 1. The Labute approximate surface area is 144 Å². The Morgan fingerprint density at radius 2 is 1.72 bits per heavy atom. The van der Waals surface area contributed by atoms with E-state index in [2.05, 4.69) is 25.6 Å². The number of imidazole rings is 1. The van der Waals surface area contributed by atoms with Crippen molar-refractivity contribution in [2.75, 3.05) is 0 Å². The van der Waals surface area contributed by atoms with Gasteiger partial charge in [-0.25, -0.2) is 4.98 Å². The van der Waals surface area contributed by atoms with Crippen molar-refractivity contribution in [3.63, 3.8) is 0 Å². The summed E-state index contributed by atoms with van der Waals surface area (Å²) in [5, 5.41) is 23.6. The molecule has 0 fully saturated rings. The predicted molar refractivity (Wildman–Crippen MR) is 93.2 cm³/mol. The molecule has 4 aromatic rings. The molecular weight excluding hydrogens is 316 g/mol. The molecule has 0 aliphatic heterocycles. The number of aromatic nitrogens is 6. The number of aliphatic hydroxyl groups is 1. The second-order valence-corrected chi connectivity index (χ2v) is 5.65. The molecule has 0 amide bonds. The molecule has 25 heavy (non-hydrogen) atoms. The van der Waals surface area contributed by atoms with Crippen LogP contribution in [0.1, 0.15) is 5.69 Å². The average molecular weight is 332 g/mol. The van der Waals surface area contributed by atoms with Crippen molar-refractivity contribution in [2.24, 2.45) is 7.05 Å². The average Bonchev–Trinajstić information content (AvgIpc) is 3.32. The van der Waals surface area contributed by atoms with Crippen LogP contribution in [0, 0.1) is 0 Å². The van der Waals surface area contributed by atoms with E-state index in [9.17, 15) is 5.11 Å². The lowest BCUT2D eigenvalue weighted by Crippen LogP contribution is -1.98. The topological polar surface area (TPSA) is 92.5 Å².